The smallest absolute Gasteiger partial charge is 0.0653 e. The first-order valence-corrected chi connectivity index (χ1v) is 11.2. The Morgan fingerprint density at radius 1 is 1.12 bits per heavy atom. The van der Waals surface area contributed by atoms with Crippen LogP contribution < -0.4 is 0 Å². The van der Waals surface area contributed by atoms with Crippen molar-refractivity contribution in [3.05, 3.63) is 11.6 Å². The van der Waals surface area contributed by atoms with Crippen molar-refractivity contribution in [2.24, 2.45) is 34.5 Å². The largest absolute Gasteiger partial charge is 0.390 e. The van der Waals surface area contributed by atoms with E-state index in [1.54, 1.807) is 0 Å². The molecule has 142 valence electrons. The third kappa shape index (κ3) is 2.59. The van der Waals surface area contributed by atoms with Gasteiger partial charge in [0.05, 0.1) is 5.60 Å². The number of hydrogen-bond acceptors (Lipinski definition) is 1. The van der Waals surface area contributed by atoms with Gasteiger partial charge in [-0.3, -0.25) is 0 Å². The second-order valence-electron chi connectivity index (χ2n) is 10.7. The third-order valence-electron chi connectivity index (χ3n) is 9.52. The van der Waals surface area contributed by atoms with Gasteiger partial charge in [-0.1, -0.05) is 45.3 Å². The molecule has 3 fully saturated rings. The van der Waals surface area contributed by atoms with E-state index in [0.29, 0.717) is 16.7 Å². The molecule has 0 bridgehead atoms. The zero-order valence-corrected chi connectivity index (χ0v) is 17.1. The summed E-state index contributed by atoms with van der Waals surface area (Å²) in [7, 11) is 0. The maximum absolute atomic E-state index is 11.2. The molecule has 1 N–H and O–H groups in total. The minimum Gasteiger partial charge on any atom is -0.390 e. The summed E-state index contributed by atoms with van der Waals surface area (Å²) in [5, 5.41) is 11.2. The van der Waals surface area contributed by atoms with Crippen molar-refractivity contribution in [2.75, 3.05) is 0 Å². The Morgan fingerprint density at radius 2 is 1.92 bits per heavy atom. The van der Waals surface area contributed by atoms with Crippen LogP contribution in [0.1, 0.15) is 98.3 Å². The van der Waals surface area contributed by atoms with Crippen molar-refractivity contribution in [2.45, 2.75) is 104 Å². The Bertz CT molecular complexity index is 546. The number of fused-ring (bicyclic) bond motifs is 5. The van der Waals surface area contributed by atoms with E-state index in [4.69, 9.17) is 0 Å². The Kier molecular flexibility index (Phi) is 4.42. The first-order valence-electron chi connectivity index (χ1n) is 11.2. The summed E-state index contributed by atoms with van der Waals surface area (Å²) in [4.78, 5) is 0. The van der Waals surface area contributed by atoms with Gasteiger partial charge in [0.1, 0.15) is 0 Å². The SMILES string of the molecule is CCC[C@@](C)(O)[C@H]1CC[C@H]2[C@@H]3CC=C4CCCC[C@]4(C)[C@H]3CC[C@@]21C. The summed E-state index contributed by atoms with van der Waals surface area (Å²) < 4.78 is 0. The highest BCUT2D eigenvalue weighted by molar-refractivity contribution is 5.24. The molecule has 1 heteroatoms. The molecule has 0 aromatic heterocycles. The quantitative estimate of drug-likeness (QED) is 0.579. The molecule has 0 radical (unpaired) electrons. The molecular weight excluding hydrogens is 304 g/mol. The number of rotatable bonds is 3. The molecule has 4 rings (SSSR count). The van der Waals surface area contributed by atoms with E-state index >= 15 is 0 Å². The average molecular weight is 345 g/mol. The monoisotopic (exact) mass is 344 g/mol. The second-order valence-corrected chi connectivity index (χ2v) is 10.7. The van der Waals surface area contributed by atoms with Gasteiger partial charge in [0.15, 0.2) is 0 Å². The van der Waals surface area contributed by atoms with Gasteiger partial charge in [0, 0.05) is 0 Å². The summed E-state index contributed by atoms with van der Waals surface area (Å²) >= 11 is 0. The van der Waals surface area contributed by atoms with Gasteiger partial charge in [0.2, 0.25) is 0 Å². The highest BCUT2D eigenvalue weighted by Crippen LogP contribution is 2.67. The Labute approximate surface area is 155 Å². The van der Waals surface area contributed by atoms with E-state index in [0.717, 1.165) is 30.6 Å². The van der Waals surface area contributed by atoms with Crippen LogP contribution in [0.2, 0.25) is 0 Å². The second kappa shape index (κ2) is 6.11. The average Bonchev–Trinajstić information content (AvgIpc) is 2.92. The van der Waals surface area contributed by atoms with Crippen LogP contribution in [-0.4, -0.2) is 10.7 Å². The van der Waals surface area contributed by atoms with Crippen molar-refractivity contribution in [3.8, 4) is 0 Å². The van der Waals surface area contributed by atoms with Gasteiger partial charge < -0.3 is 5.11 Å². The number of allylic oxidation sites excluding steroid dienone is 2. The Morgan fingerprint density at radius 3 is 2.68 bits per heavy atom. The van der Waals surface area contributed by atoms with Gasteiger partial charge in [0.25, 0.3) is 0 Å². The molecule has 3 saturated carbocycles. The van der Waals surface area contributed by atoms with Crippen LogP contribution in [0.3, 0.4) is 0 Å². The lowest BCUT2D eigenvalue weighted by Gasteiger charge is -2.58. The first-order chi connectivity index (χ1) is 11.8. The maximum atomic E-state index is 11.2. The fourth-order valence-electron chi connectivity index (χ4n) is 8.40. The summed E-state index contributed by atoms with van der Waals surface area (Å²) in [5.41, 5.74) is 2.23. The predicted octanol–water partition coefficient (Wildman–Crippen LogP) is 6.51. The van der Waals surface area contributed by atoms with E-state index in [2.05, 4.69) is 33.8 Å². The zero-order chi connectivity index (χ0) is 17.9. The molecule has 4 aliphatic rings. The molecule has 0 spiro atoms. The predicted molar refractivity (Wildman–Crippen MR) is 105 cm³/mol. The van der Waals surface area contributed by atoms with Gasteiger partial charge >= 0.3 is 0 Å². The van der Waals surface area contributed by atoms with Crippen LogP contribution in [0.25, 0.3) is 0 Å². The van der Waals surface area contributed by atoms with Crippen LogP contribution in [-0.2, 0) is 0 Å². The topological polar surface area (TPSA) is 20.2 Å². The molecule has 0 saturated heterocycles. The molecule has 7 atom stereocenters. The molecule has 0 aromatic carbocycles. The lowest BCUT2D eigenvalue weighted by Crippen LogP contribution is -2.52. The van der Waals surface area contributed by atoms with E-state index in [1.165, 1.54) is 57.8 Å². The maximum Gasteiger partial charge on any atom is 0.0653 e. The van der Waals surface area contributed by atoms with Crippen molar-refractivity contribution in [3.63, 3.8) is 0 Å². The fraction of sp³-hybridized carbons (Fsp3) is 0.917. The van der Waals surface area contributed by atoms with Crippen LogP contribution in [0.4, 0.5) is 0 Å². The lowest BCUT2D eigenvalue weighted by molar-refractivity contribution is -0.103. The zero-order valence-electron chi connectivity index (χ0n) is 17.1. The van der Waals surface area contributed by atoms with E-state index < -0.39 is 5.60 Å². The molecule has 0 amide bonds. The molecule has 25 heavy (non-hydrogen) atoms. The van der Waals surface area contributed by atoms with Crippen LogP contribution >= 0.6 is 0 Å². The number of aliphatic hydroxyl groups is 1. The van der Waals surface area contributed by atoms with Gasteiger partial charge in [-0.05, 0) is 99.2 Å². The van der Waals surface area contributed by atoms with Crippen molar-refractivity contribution < 1.29 is 5.11 Å². The first kappa shape index (κ1) is 18.1. The summed E-state index contributed by atoms with van der Waals surface area (Å²) in [5.74, 6) is 3.15. The molecule has 1 nitrogen and oxygen atoms in total. The molecule has 0 aliphatic heterocycles. The Balaban J connectivity index is 1.63. The summed E-state index contributed by atoms with van der Waals surface area (Å²) in [6.45, 7) is 9.52. The van der Waals surface area contributed by atoms with Crippen LogP contribution in [0, 0.1) is 34.5 Å². The van der Waals surface area contributed by atoms with E-state index in [1.807, 2.05) is 5.57 Å². The minimum absolute atomic E-state index is 0.371. The van der Waals surface area contributed by atoms with E-state index in [9.17, 15) is 5.11 Å². The summed E-state index contributed by atoms with van der Waals surface area (Å²) in [6.07, 6.45) is 17.1. The van der Waals surface area contributed by atoms with E-state index in [-0.39, 0.29) is 0 Å². The van der Waals surface area contributed by atoms with Gasteiger partial charge in [-0.15, -0.1) is 0 Å². The fourth-order valence-corrected chi connectivity index (χ4v) is 8.40. The summed E-state index contributed by atoms with van der Waals surface area (Å²) in [6, 6.07) is 0. The molecule has 0 heterocycles. The molecule has 4 aliphatic carbocycles. The van der Waals surface area contributed by atoms with Crippen molar-refractivity contribution in [1.29, 1.82) is 0 Å². The highest BCUT2D eigenvalue weighted by Gasteiger charge is 2.60. The standard InChI is InChI=1S/C24H40O/c1-5-14-24(4,25)21-12-11-19-18-10-9-17-8-6-7-15-22(17,2)20(18)13-16-23(19,21)3/h9,18-21,25H,5-8,10-16H2,1-4H3/t18-,19-,20-,21-,22-,23-,24+/m0/s1. The van der Waals surface area contributed by atoms with Crippen molar-refractivity contribution in [1.82, 2.24) is 0 Å². The van der Waals surface area contributed by atoms with Crippen molar-refractivity contribution >= 4 is 0 Å². The highest BCUT2D eigenvalue weighted by atomic mass is 16.3. The molecule has 0 aromatic rings. The molecular formula is C24H40O. The lowest BCUT2D eigenvalue weighted by atomic mass is 9.47. The van der Waals surface area contributed by atoms with Crippen LogP contribution in [0.5, 0.6) is 0 Å². The third-order valence-corrected chi connectivity index (χ3v) is 9.52. The van der Waals surface area contributed by atoms with Gasteiger partial charge in [-0.25, -0.2) is 0 Å². The Hall–Kier alpha value is -0.300. The number of hydrogen-bond donors (Lipinski definition) is 1. The normalized spacial score (nSPS) is 48.8. The van der Waals surface area contributed by atoms with Gasteiger partial charge in [-0.2, -0.15) is 0 Å². The minimum atomic E-state index is -0.463. The van der Waals surface area contributed by atoms with Crippen LogP contribution in [0.15, 0.2) is 11.6 Å². The molecule has 0 unspecified atom stereocenters.